The molecule has 0 saturated heterocycles. The van der Waals surface area contributed by atoms with Crippen LogP contribution in [0.25, 0.3) is 11.1 Å². The smallest absolute Gasteiger partial charge is 0.335 e. The Morgan fingerprint density at radius 1 is 1.31 bits per heavy atom. The zero-order valence-corrected chi connectivity index (χ0v) is 9.14. The van der Waals surface area contributed by atoms with E-state index in [0.29, 0.717) is 5.56 Å². The second kappa shape index (κ2) is 3.81. The molecule has 2 rings (SSSR count). The quantitative estimate of drug-likeness (QED) is 0.836. The molecule has 0 unspecified atom stereocenters. The van der Waals surface area contributed by atoms with Crippen molar-refractivity contribution < 1.29 is 9.90 Å². The van der Waals surface area contributed by atoms with Crippen LogP contribution in [0.4, 0.5) is 0 Å². The summed E-state index contributed by atoms with van der Waals surface area (Å²) in [6.07, 6.45) is 3.58. The van der Waals surface area contributed by atoms with Crippen LogP contribution >= 0.6 is 0 Å². The van der Waals surface area contributed by atoms with Gasteiger partial charge in [-0.3, -0.25) is 4.68 Å². The highest BCUT2D eigenvalue weighted by Gasteiger charge is 2.07. The molecule has 0 radical (unpaired) electrons. The van der Waals surface area contributed by atoms with Gasteiger partial charge in [0.15, 0.2) is 0 Å². The number of carbonyl (C=O) groups is 1. The third-order valence-corrected chi connectivity index (χ3v) is 2.36. The van der Waals surface area contributed by atoms with Gasteiger partial charge in [0.25, 0.3) is 0 Å². The van der Waals surface area contributed by atoms with Crippen molar-refractivity contribution in [1.29, 1.82) is 0 Å². The third-order valence-electron chi connectivity index (χ3n) is 2.36. The third kappa shape index (κ3) is 1.95. The molecule has 0 aliphatic carbocycles. The molecular weight excluding hydrogens is 204 g/mol. The standard InChI is InChI=1S/C12H12N2O2/c1-8-3-9(5-10(4-8)12(15)16)11-6-13-14(2)7-11/h3-7H,1-2H3,(H,15,16). The molecule has 1 aromatic carbocycles. The van der Waals surface area contributed by atoms with E-state index in [4.69, 9.17) is 5.11 Å². The minimum atomic E-state index is -0.908. The van der Waals surface area contributed by atoms with E-state index in [0.717, 1.165) is 16.7 Å². The summed E-state index contributed by atoms with van der Waals surface area (Å²) in [7, 11) is 1.83. The van der Waals surface area contributed by atoms with Crippen molar-refractivity contribution in [3.63, 3.8) is 0 Å². The average molecular weight is 216 g/mol. The van der Waals surface area contributed by atoms with Gasteiger partial charge in [-0.15, -0.1) is 0 Å². The van der Waals surface area contributed by atoms with E-state index in [2.05, 4.69) is 5.10 Å². The summed E-state index contributed by atoms with van der Waals surface area (Å²) < 4.78 is 1.69. The van der Waals surface area contributed by atoms with Crippen LogP contribution in [0.15, 0.2) is 30.6 Å². The van der Waals surface area contributed by atoms with Crippen LogP contribution in [0.2, 0.25) is 0 Å². The molecule has 1 heterocycles. The van der Waals surface area contributed by atoms with Crippen LogP contribution in [0.1, 0.15) is 15.9 Å². The second-order valence-corrected chi connectivity index (χ2v) is 3.80. The van der Waals surface area contributed by atoms with E-state index in [1.54, 1.807) is 23.0 Å². The first-order valence-electron chi connectivity index (χ1n) is 4.90. The lowest BCUT2D eigenvalue weighted by Crippen LogP contribution is -1.97. The Hall–Kier alpha value is -2.10. The molecule has 16 heavy (non-hydrogen) atoms. The predicted octanol–water partition coefficient (Wildman–Crippen LogP) is 2.09. The first kappa shape index (κ1) is 10.4. The zero-order valence-electron chi connectivity index (χ0n) is 9.14. The van der Waals surface area contributed by atoms with Gasteiger partial charge in [0.1, 0.15) is 0 Å². The van der Waals surface area contributed by atoms with Gasteiger partial charge in [-0.05, 0) is 30.2 Å². The fraction of sp³-hybridized carbons (Fsp3) is 0.167. The number of aromatic carboxylic acids is 1. The molecule has 1 aromatic heterocycles. The van der Waals surface area contributed by atoms with Crippen molar-refractivity contribution in [2.75, 3.05) is 0 Å². The lowest BCUT2D eigenvalue weighted by atomic mass is 10.0. The van der Waals surface area contributed by atoms with E-state index in [-0.39, 0.29) is 0 Å². The van der Waals surface area contributed by atoms with Crippen LogP contribution in [0.5, 0.6) is 0 Å². The molecule has 4 heteroatoms. The molecule has 0 spiro atoms. The van der Waals surface area contributed by atoms with E-state index in [1.807, 2.05) is 26.2 Å². The summed E-state index contributed by atoms with van der Waals surface area (Å²) in [5, 5.41) is 13.0. The van der Waals surface area contributed by atoms with Crippen molar-refractivity contribution in [2.45, 2.75) is 6.92 Å². The zero-order chi connectivity index (χ0) is 11.7. The van der Waals surface area contributed by atoms with Crippen LogP contribution < -0.4 is 0 Å². The van der Waals surface area contributed by atoms with Crippen molar-refractivity contribution >= 4 is 5.97 Å². The number of aromatic nitrogens is 2. The van der Waals surface area contributed by atoms with Crippen LogP contribution in [-0.4, -0.2) is 20.9 Å². The van der Waals surface area contributed by atoms with E-state index >= 15 is 0 Å². The average Bonchev–Trinajstić information content (AvgIpc) is 2.64. The maximum Gasteiger partial charge on any atom is 0.335 e. The molecule has 82 valence electrons. The number of rotatable bonds is 2. The predicted molar refractivity (Wildman–Crippen MR) is 60.3 cm³/mol. The summed E-state index contributed by atoms with van der Waals surface area (Å²) >= 11 is 0. The van der Waals surface area contributed by atoms with Gasteiger partial charge in [0.2, 0.25) is 0 Å². The number of aryl methyl sites for hydroxylation is 2. The molecule has 0 aliphatic rings. The molecular formula is C12H12N2O2. The number of carboxylic acids is 1. The van der Waals surface area contributed by atoms with Crippen molar-refractivity contribution in [3.8, 4) is 11.1 Å². The van der Waals surface area contributed by atoms with Crippen LogP contribution in [0, 0.1) is 6.92 Å². The lowest BCUT2D eigenvalue weighted by molar-refractivity contribution is 0.0697. The molecule has 0 amide bonds. The molecule has 1 N–H and O–H groups in total. The highest BCUT2D eigenvalue weighted by atomic mass is 16.4. The molecule has 0 atom stereocenters. The number of hydrogen-bond acceptors (Lipinski definition) is 2. The second-order valence-electron chi connectivity index (χ2n) is 3.80. The Labute approximate surface area is 93.1 Å². The Kier molecular flexibility index (Phi) is 2.48. The van der Waals surface area contributed by atoms with Crippen LogP contribution in [-0.2, 0) is 7.05 Å². The first-order valence-corrected chi connectivity index (χ1v) is 4.90. The van der Waals surface area contributed by atoms with Crippen LogP contribution in [0.3, 0.4) is 0 Å². The molecule has 4 nitrogen and oxygen atoms in total. The number of hydrogen-bond donors (Lipinski definition) is 1. The normalized spacial score (nSPS) is 10.4. The van der Waals surface area contributed by atoms with Crippen molar-refractivity contribution in [2.24, 2.45) is 7.05 Å². The molecule has 0 saturated carbocycles. The van der Waals surface area contributed by atoms with Gasteiger partial charge >= 0.3 is 5.97 Å². The van der Waals surface area contributed by atoms with Gasteiger partial charge in [0.05, 0.1) is 11.8 Å². The SMILES string of the molecule is Cc1cc(C(=O)O)cc(-c2cnn(C)c2)c1. The molecule has 0 bridgehead atoms. The Bertz CT molecular complexity index is 544. The van der Waals surface area contributed by atoms with Gasteiger partial charge in [-0.25, -0.2) is 4.79 Å². The Balaban J connectivity index is 2.53. The summed E-state index contributed by atoms with van der Waals surface area (Å²) in [4.78, 5) is 10.9. The fourth-order valence-corrected chi connectivity index (χ4v) is 1.64. The summed E-state index contributed by atoms with van der Waals surface area (Å²) in [6.45, 7) is 1.88. The first-order chi connectivity index (χ1) is 7.56. The minimum Gasteiger partial charge on any atom is -0.478 e. The number of carboxylic acid groups (broad SMARTS) is 1. The van der Waals surface area contributed by atoms with E-state index in [1.165, 1.54) is 0 Å². The number of nitrogens with zero attached hydrogens (tertiary/aromatic N) is 2. The van der Waals surface area contributed by atoms with E-state index in [9.17, 15) is 4.79 Å². The maximum absolute atomic E-state index is 10.9. The topological polar surface area (TPSA) is 55.1 Å². The monoisotopic (exact) mass is 216 g/mol. The van der Waals surface area contributed by atoms with Gasteiger partial charge in [0, 0.05) is 18.8 Å². The van der Waals surface area contributed by atoms with E-state index < -0.39 is 5.97 Å². The maximum atomic E-state index is 10.9. The summed E-state index contributed by atoms with van der Waals surface area (Å²) in [5.74, 6) is -0.908. The molecule has 0 aliphatic heterocycles. The van der Waals surface area contributed by atoms with Crippen molar-refractivity contribution in [3.05, 3.63) is 41.7 Å². The Morgan fingerprint density at radius 2 is 2.06 bits per heavy atom. The highest BCUT2D eigenvalue weighted by molar-refractivity contribution is 5.89. The van der Waals surface area contributed by atoms with Crippen molar-refractivity contribution in [1.82, 2.24) is 9.78 Å². The van der Waals surface area contributed by atoms with Gasteiger partial charge in [-0.1, -0.05) is 6.07 Å². The summed E-state index contributed by atoms with van der Waals surface area (Å²) in [5.41, 5.74) is 3.04. The Morgan fingerprint density at radius 3 is 2.62 bits per heavy atom. The number of benzene rings is 1. The van der Waals surface area contributed by atoms with Gasteiger partial charge in [-0.2, -0.15) is 5.10 Å². The fourth-order valence-electron chi connectivity index (χ4n) is 1.64. The highest BCUT2D eigenvalue weighted by Crippen LogP contribution is 2.21. The minimum absolute atomic E-state index is 0.304. The largest absolute Gasteiger partial charge is 0.478 e. The lowest BCUT2D eigenvalue weighted by Gasteiger charge is -2.02. The molecule has 0 fully saturated rings. The molecule has 2 aromatic rings. The summed E-state index contributed by atoms with van der Waals surface area (Å²) in [6, 6.07) is 5.26. The van der Waals surface area contributed by atoms with Gasteiger partial charge < -0.3 is 5.11 Å².